The van der Waals surface area contributed by atoms with Crippen LogP contribution in [0.5, 0.6) is 0 Å². The van der Waals surface area contributed by atoms with Gasteiger partial charge >= 0.3 is 0 Å². The summed E-state index contributed by atoms with van der Waals surface area (Å²) in [5.74, 6) is 1.07. The lowest BCUT2D eigenvalue weighted by molar-refractivity contribution is -0.122. The number of nitrogens with one attached hydrogen (secondary N) is 2. The van der Waals surface area contributed by atoms with Crippen molar-refractivity contribution in [1.82, 2.24) is 0 Å². The molecule has 0 aromatic heterocycles. The summed E-state index contributed by atoms with van der Waals surface area (Å²) in [5, 5.41) is 5.93. The molecule has 2 unspecified atom stereocenters. The highest BCUT2D eigenvalue weighted by atomic mass is 35.5. The van der Waals surface area contributed by atoms with Crippen molar-refractivity contribution >= 4 is 35.6 Å². The molecule has 0 saturated heterocycles. The number of benzene rings is 1. The molecule has 0 heterocycles. The van der Waals surface area contributed by atoms with E-state index in [2.05, 4.69) is 10.6 Å². The molecule has 1 aromatic rings. The topological polar surface area (TPSA) is 84.2 Å². The van der Waals surface area contributed by atoms with Crippen molar-refractivity contribution in [2.24, 2.45) is 23.5 Å². The Labute approximate surface area is 161 Å². The third-order valence-electron chi connectivity index (χ3n) is 5.88. The van der Waals surface area contributed by atoms with Gasteiger partial charge in [-0.25, -0.2) is 0 Å². The summed E-state index contributed by atoms with van der Waals surface area (Å²) in [7, 11) is 0. The molecule has 0 radical (unpaired) electrons. The maximum absolute atomic E-state index is 12.8. The summed E-state index contributed by atoms with van der Waals surface area (Å²) >= 11 is 0. The Bertz CT molecular complexity index is 650. The van der Waals surface area contributed by atoms with Crippen molar-refractivity contribution < 1.29 is 9.59 Å². The summed E-state index contributed by atoms with van der Waals surface area (Å²) in [5.41, 5.74) is 8.82. The molecule has 4 N–H and O–H groups in total. The van der Waals surface area contributed by atoms with Crippen molar-refractivity contribution in [3.05, 3.63) is 23.8 Å². The zero-order valence-corrected chi connectivity index (χ0v) is 16.4. The molecule has 0 spiro atoms. The lowest BCUT2D eigenvalue weighted by atomic mass is 9.65. The molecule has 1 aromatic carbocycles. The molecule has 3 rings (SSSR count). The van der Waals surface area contributed by atoms with Crippen LogP contribution in [-0.4, -0.2) is 17.9 Å². The summed E-state index contributed by atoms with van der Waals surface area (Å²) in [6, 6.07) is 5.90. The van der Waals surface area contributed by atoms with Crippen LogP contribution in [-0.2, 0) is 9.59 Å². The van der Waals surface area contributed by atoms with Crippen LogP contribution in [0.2, 0.25) is 0 Å². The van der Waals surface area contributed by atoms with E-state index < -0.39 is 0 Å². The van der Waals surface area contributed by atoms with Gasteiger partial charge < -0.3 is 16.4 Å². The summed E-state index contributed by atoms with van der Waals surface area (Å²) in [6.07, 6.45) is 5.78. The first-order valence-corrected chi connectivity index (χ1v) is 9.45. The number of fused-ring (bicyclic) bond motifs is 2. The molecule has 144 valence electrons. The first kappa shape index (κ1) is 20.7. The molecule has 6 heteroatoms. The van der Waals surface area contributed by atoms with Gasteiger partial charge in [-0.2, -0.15) is 0 Å². The third kappa shape index (κ3) is 4.57. The largest absolute Gasteiger partial charge is 0.327 e. The van der Waals surface area contributed by atoms with E-state index in [0.29, 0.717) is 18.3 Å². The Kier molecular flexibility index (Phi) is 7.07. The van der Waals surface area contributed by atoms with E-state index >= 15 is 0 Å². The molecule has 2 aliphatic carbocycles. The molecule has 0 aliphatic heterocycles. The second-order valence-corrected chi connectivity index (χ2v) is 7.62. The maximum Gasteiger partial charge on any atom is 0.227 e. The number of anilines is 2. The van der Waals surface area contributed by atoms with Crippen molar-refractivity contribution in [3.63, 3.8) is 0 Å². The predicted molar refractivity (Wildman–Crippen MR) is 108 cm³/mol. The zero-order valence-electron chi connectivity index (χ0n) is 15.6. The molecule has 2 amide bonds. The minimum Gasteiger partial charge on any atom is -0.327 e. The number of nitrogens with two attached hydrogens (primary N) is 1. The third-order valence-corrected chi connectivity index (χ3v) is 5.88. The lowest BCUT2D eigenvalue weighted by Crippen LogP contribution is -2.48. The highest BCUT2D eigenvalue weighted by molar-refractivity contribution is 5.95. The van der Waals surface area contributed by atoms with Gasteiger partial charge in [-0.3, -0.25) is 9.59 Å². The molecule has 2 saturated carbocycles. The van der Waals surface area contributed by atoms with Crippen molar-refractivity contribution in [3.8, 4) is 0 Å². The standard InChI is InChI=1S/C20H29N3O2.ClH/c1-3-18(24)22-16-8-7-12(2)17(11-16)23-20(25)15-9-13-5-4-6-14(10-15)19(13)21;/h7-8,11,13-15,19H,3-6,9-10,21H2,1-2H3,(H,22,24)(H,23,25);1H. The van der Waals surface area contributed by atoms with Gasteiger partial charge in [0.15, 0.2) is 0 Å². The number of hydrogen-bond acceptors (Lipinski definition) is 3. The number of hydrogen-bond donors (Lipinski definition) is 3. The number of aryl methyl sites for hydroxylation is 1. The molecule has 2 bridgehead atoms. The van der Waals surface area contributed by atoms with Gasteiger partial charge in [-0.15, -0.1) is 12.4 Å². The molecular formula is C20H30ClN3O2. The highest BCUT2D eigenvalue weighted by Gasteiger charge is 2.40. The van der Waals surface area contributed by atoms with Gasteiger partial charge in [0, 0.05) is 29.8 Å². The highest BCUT2D eigenvalue weighted by Crippen LogP contribution is 2.42. The van der Waals surface area contributed by atoms with Crippen molar-refractivity contribution in [2.45, 2.75) is 58.4 Å². The smallest absolute Gasteiger partial charge is 0.227 e. The molecular weight excluding hydrogens is 350 g/mol. The quantitative estimate of drug-likeness (QED) is 0.742. The Balaban J connectivity index is 0.00000243. The first-order valence-electron chi connectivity index (χ1n) is 9.45. The lowest BCUT2D eigenvalue weighted by Gasteiger charge is -2.43. The Morgan fingerprint density at radius 2 is 1.81 bits per heavy atom. The van der Waals surface area contributed by atoms with E-state index in [1.165, 1.54) is 6.42 Å². The maximum atomic E-state index is 12.8. The van der Waals surface area contributed by atoms with Crippen molar-refractivity contribution in [2.75, 3.05) is 10.6 Å². The van der Waals surface area contributed by atoms with E-state index in [9.17, 15) is 9.59 Å². The molecule has 2 fully saturated rings. The fourth-order valence-electron chi connectivity index (χ4n) is 4.32. The summed E-state index contributed by atoms with van der Waals surface area (Å²) < 4.78 is 0. The van der Waals surface area contributed by atoms with Gasteiger partial charge in [0.1, 0.15) is 0 Å². The average Bonchev–Trinajstić information content (AvgIpc) is 2.57. The van der Waals surface area contributed by atoms with Crippen LogP contribution in [0.1, 0.15) is 51.0 Å². The van der Waals surface area contributed by atoms with Crippen LogP contribution < -0.4 is 16.4 Å². The van der Waals surface area contributed by atoms with E-state index in [0.717, 1.165) is 42.6 Å². The van der Waals surface area contributed by atoms with Crippen LogP contribution in [0.4, 0.5) is 11.4 Å². The second kappa shape index (κ2) is 8.87. The first-order chi connectivity index (χ1) is 12.0. The monoisotopic (exact) mass is 379 g/mol. The molecule has 5 nitrogen and oxygen atoms in total. The Morgan fingerprint density at radius 3 is 2.42 bits per heavy atom. The van der Waals surface area contributed by atoms with E-state index in [1.54, 1.807) is 0 Å². The molecule has 2 atom stereocenters. The fourth-order valence-corrected chi connectivity index (χ4v) is 4.32. The second-order valence-electron chi connectivity index (χ2n) is 7.62. The number of carbonyl (C=O) groups is 2. The van der Waals surface area contributed by atoms with E-state index in [4.69, 9.17) is 5.73 Å². The number of carbonyl (C=O) groups excluding carboxylic acids is 2. The minimum atomic E-state index is -0.0322. The fraction of sp³-hybridized carbons (Fsp3) is 0.600. The van der Waals surface area contributed by atoms with Crippen molar-refractivity contribution in [1.29, 1.82) is 0 Å². The van der Waals surface area contributed by atoms with Crippen LogP contribution in [0, 0.1) is 24.7 Å². The van der Waals surface area contributed by atoms with Gasteiger partial charge in [-0.1, -0.05) is 19.4 Å². The van der Waals surface area contributed by atoms with Gasteiger partial charge in [0.2, 0.25) is 11.8 Å². The number of halogens is 1. The summed E-state index contributed by atoms with van der Waals surface area (Å²) in [4.78, 5) is 24.4. The van der Waals surface area contributed by atoms with Gasteiger partial charge in [-0.05, 0) is 62.1 Å². The molecule has 26 heavy (non-hydrogen) atoms. The van der Waals surface area contributed by atoms with Crippen LogP contribution in [0.3, 0.4) is 0 Å². The molecule has 2 aliphatic rings. The SMILES string of the molecule is CCC(=O)Nc1ccc(C)c(NC(=O)C2CC3CCCC(C2)C3N)c1.Cl. The number of amides is 2. The Hall–Kier alpha value is -1.59. The van der Waals surface area contributed by atoms with Gasteiger partial charge in [0.25, 0.3) is 0 Å². The van der Waals surface area contributed by atoms with E-state index in [-0.39, 0.29) is 36.2 Å². The van der Waals surface area contributed by atoms with E-state index in [1.807, 2.05) is 32.0 Å². The zero-order chi connectivity index (χ0) is 18.0. The average molecular weight is 380 g/mol. The number of rotatable bonds is 4. The normalized spacial score (nSPS) is 27.2. The van der Waals surface area contributed by atoms with Crippen LogP contribution in [0.25, 0.3) is 0 Å². The minimum absolute atomic E-state index is 0. The van der Waals surface area contributed by atoms with Crippen LogP contribution in [0.15, 0.2) is 18.2 Å². The van der Waals surface area contributed by atoms with Crippen LogP contribution >= 0.6 is 12.4 Å². The Morgan fingerprint density at radius 1 is 1.15 bits per heavy atom. The predicted octanol–water partition coefficient (Wildman–Crippen LogP) is 3.86. The van der Waals surface area contributed by atoms with Gasteiger partial charge in [0.05, 0.1) is 0 Å². The summed E-state index contributed by atoms with van der Waals surface area (Å²) in [6.45, 7) is 3.78.